The molecule has 2 unspecified atom stereocenters. The minimum Gasteiger partial charge on any atom is -0.373 e. The molecule has 0 aliphatic carbocycles. The largest absolute Gasteiger partial charge is 0.373 e. The van der Waals surface area contributed by atoms with Crippen LogP contribution in [0.25, 0.3) is 10.6 Å². The zero-order chi connectivity index (χ0) is 21.2. The summed E-state index contributed by atoms with van der Waals surface area (Å²) < 4.78 is 45.2. The lowest BCUT2D eigenvalue weighted by Gasteiger charge is -2.34. The molecule has 1 aromatic heterocycles. The van der Waals surface area contributed by atoms with E-state index < -0.39 is 10.0 Å². The Kier molecular flexibility index (Phi) is 6.67. The molecule has 7 nitrogen and oxygen atoms in total. The van der Waals surface area contributed by atoms with Crippen LogP contribution in [0.2, 0.25) is 0 Å². The van der Waals surface area contributed by atoms with E-state index in [1.54, 1.807) is 19.1 Å². The maximum atomic E-state index is 13.1. The van der Waals surface area contributed by atoms with Crippen LogP contribution in [-0.2, 0) is 14.8 Å². The Balaban J connectivity index is 1.60. The lowest BCUT2D eigenvalue weighted by molar-refractivity contribution is -0.0440. The molecule has 1 aromatic carbocycles. The molecule has 1 amide bonds. The molecule has 2 aromatic rings. The van der Waals surface area contributed by atoms with E-state index in [-0.39, 0.29) is 36.2 Å². The number of nitrogens with one attached hydrogen (secondary N) is 1. The second kappa shape index (κ2) is 8.86. The number of halogens is 1. The predicted molar refractivity (Wildman–Crippen MR) is 110 cm³/mol. The molecule has 2 heterocycles. The second-order valence-electron chi connectivity index (χ2n) is 7.09. The van der Waals surface area contributed by atoms with Crippen LogP contribution in [0.3, 0.4) is 0 Å². The van der Waals surface area contributed by atoms with Crippen molar-refractivity contribution in [3.05, 3.63) is 40.7 Å². The first-order valence-corrected chi connectivity index (χ1v) is 11.7. The van der Waals surface area contributed by atoms with E-state index in [2.05, 4.69) is 10.3 Å². The Hall–Kier alpha value is -1.88. The van der Waals surface area contributed by atoms with Gasteiger partial charge in [-0.05, 0) is 45.0 Å². The quantitative estimate of drug-likeness (QED) is 0.744. The van der Waals surface area contributed by atoms with Crippen molar-refractivity contribution in [3.8, 4) is 10.6 Å². The molecular weight excluding hydrogens is 417 g/mol. The van der Waals surface area contributed by atoms with Crippen molar-refractivity contribution in [2.75, 3.05) is 25.4 Å². The normalized spacial score (nSPS) is 20.6. The number of hydrogen-bond acceptors (Lipinski definition) is 6. The first-order valence-electron chi connectivity index (χ1n) is 9.30. The summed E-state index contributed by atoms with van der Waals surface area (Å²) in [6, 6.07) is 5.88. The topological polar surface area (TPSA) is 88.6 Å². The zero-order valence-corrected chi connectivity index (χ0v) is 18.1. The molecule has 0 bridgehead atoms. The average molecular weight is 442 g/mol. The average Bonchev–Trinajstić information content (AvgIpc) is 3.03. The number of sulfonamides is 1. The molecule has 3 rings (SSSR count). The number of aryl methyl sites for hydroxylation is 1. The van der Waals surface area contributed by atoms with Gasteiger partial charge in [-0.15, -0.1) is 11.3 Å². The monoisotopic (exact) mass is 441 g/mol. The number of carbonyl (C=O) groups is 1. The number of aromatic nitrogens is 1. The minimum atomic E-state index is -3.49. The van der Waals surface area contributed by atoms with Gasteiger partial charge >= 0.3 is 0 Å². The number of amides is 1. The van der Waals surface area contributed by atoms with E-state index >= 15 is 0 Å². The minimum absolute atomic E-state index is 0.00447. The first kappa shape index (κ1) is 21.8. The van der Waals surface area contributed by atoms with Gasteiger partial charge in [0.1, 0.15) is 15.7 Å². The van der Waals surface area contributed by atoms with Gasteiger partial charge in [-0.3, -0.25) is 4.79 Å². The Morgan fingerprint density at radius 1 is 1.28 bits per heavy atom. The lowest BCUT2D eigenvalue weighted by atomic mass is 10.2. The zero-order valence-electron chi connectivity index (χ0n) is 16.5. The molecule has 1 saturated heterocycles. The molecule has 10 heteroatoms. The number of thiazole rings is 1. The fourth-order valence-electron chi connectivity index (χ4n) is 3.18. The summed E-state index contributed by atoms with van der Waals surface area (Å²) in [5.74, 6) is -0.890. The van der Waals surface area contributed by atoms with Crippen LogP contribution in [0.5, 0.6) is 0 Å². The van der Waals surface area contributed by atoms with Crippen LogP contribution in [0.15, 0.2) is 24.3 Å². The van der Waals surface area contributed by atoms with Crippen molar-refractivity contribution in [1.82, 2.24) is 14.6 Å². The molecule has 29 heavy (non-hydrogen) atoms. The van der Waals surface area contributed by atoms with Crippen LogP contribution in [0.1, 0.15) is 29.2 Å². The van der Waals surface area contributed by atoms with Gasteiger partial charge in [-0.1, -0.05) is 0 Å². The van der Waals surface area contributed by atoms with Gasteiger partial charge in [0.2, 0.25) is 10.0 Å². The van der Waals surface area contributed by atoms with Crippen LogP contribution in [-0.4, -0.2) is 61.2 Å². The van der Waals surface area contributed by atoms with Crippen molar-refractivity contribution in [3.63, 3.8) is 0 Å². The smallest absolute Gasteiger partial charge is 0.263 e. The Morgan fingerprint density at radius 3 is 2.52 bits per heavy atom. The van der Waals surface area contributed by atoms with Crippen LogP contribution < -0.4 is 5.32 Å². The summed E-state index contributed by atoms with van der Waals surface area (Å²) in [6.45, 7) is 6.03. The maximum Gasteiger partial charge on any atom is 0.263 e. The second-order valence-corrected chi connectivity index (χ2v) is 10.2. The highest BCUT2D eigenvalue weighted by Crippen LogP contribution is 2.28. The SMILES string of the molecule is Cc1nc(-c2ccc(F)cc2)sc1C(=O)NCCS(=O)(=O)N1CC(C)OC(C)C1. The van der Waals surface area contributed by atoms with Crippen molar-refractivity contribution in [2.24, 2.45) is 0 Å². The third-order valence-electron chi connectivity index (χ3n) is 4.52. The molecule has 1 fully saturated rings. The highest BCUT2D eigenvalue weighted by atomic mass is 32.2. The highest BCUT2D eigenvalue weighted by Gasteiger charge is 2.30. The molecule has 158 valence electrons. The summed E-state index contributed by atoms with van der Waals surface area (Å²) in [4.78, 5) is 17.3. The van der Waals surface area contributed by atoms with E-state index in [1.165, 1.54) is 27.8 Å². The van der Waals surface area contributed by atoms with Crippen molar-refractivity contribution in [1.29, 1.82) is 0 Å². The van der Waals surface area contributed by atoms with Gasteiger partial charge in [0.15, 0.2) is 0 Å². The number of morpholine rings is 1. The molecule has 1 aliphatic heterocycles. The summed E-state index contributed by atoms with van der Waals surface area (Å²) >= 11 is 1.19. The fourth-order valence-corrected chi connectivity index (χ4v) is 5.66. The van der Waals surface area contributed by atoms with E-state index in [0.29, 0.717) is 28.7 Å². The van der Waals surface area contributed by atoms with Crippen LogP contribution >= 0.6 is 11.3 Å². The van der Waals surface area contributed by atoms with Crippen LogP contribution in [0.4, 0.5) is 4.39 Å². The number of benzene rings is 1. The van der Waals surface area contributed by atoms with E-state index in [0.717, 1.165) is 5.56 Å². The van der Waals surface area contributed by atoms with Gasteiger partial charge in [-0.2, -0.15) is 4.31 Å². The van der Waals surface area contributed by atoms with Gasteiger partial charge in [-0.25, -0.2) is 17.8 Å². The molecule has 1 N–H and O–H groups in total. The van der Waals surface area contributed by atoms with Crippen LogP contribution in [0, 0.1) is 12.7 Å². The molecular formula is C19H24FN3O4S2. The summed E-state index contributed by atoms with van der Waals surface area (Å²) in [6.07, 6.45) is -0.319. The van der Waals surface area contributed by atoms with Gasteiger partial charge in [0, 0.05) is 25.2 Å². The maximum absolute atomic E-state index is 13.1. The fraction of sp³-hybridized carbons (Fsp3) is 0.474. The van der Waals surface area contributed by atoms with Crippen molar-refractivity contribution in [2.45, 2.75) is 33.0 Å². The predicted octanol–water partition coefficient (Wildman–Crippen LogP) is 2.43. The number of hydrogen-bond donors (Lipinski definition) is 1. The Labute approximate surface area is 174 Å². The molecule has 2 atom stereocenters. The number of nitrogens with zero attached hydrogens (tertiary/aromatic N) is 2. The third kappa shape index (κ3) is 5.39. The van der Waals surface area contributed by atoms with Gasteiger partial charge < -0.3 is 10.1 Å². The number of rotatable bonds is 6. The third-order valence-corrected chi connectivity index (χ3v) is 7.53. The molecule has 0 radical (unpaired) electrons. The van der Waals surface area contributed by atoms with Crippen molar-refractivity contribution < 1.29 is 22.3 Å². The van der Waals surface area contributed by atoms with Gasteiger partial charge in [0.25, 0.3) is 5.91 Å². The molecule has 0 spiro atoms. The first-order chi connectivity index (χ1) is 13.7. The number of carbonyl (C=O) groups excluding carboxylic acids is 1. The van der Waals surface area contributed by atoms with E-state index in [4.69, 9.17) is 4.74 Å². The van der Waals surface area contributed by atoms with E-state index in [9.17, 15) is 17.6 Å². The standard InChI is InChI=1S/C19H24FN3O4S2/c1-12-10-23(11-13(2)27-12)29(25,26)9-8-21-18(24)17-14(3)22-19(28-17)15-4-6-16(20)7-5-15/h4-7,12-13H,8-11H2,1-3H3,(H,21,24). The summed E-state index contributed by atoms with van der Waals surface area (Å²) in [7, 11) is -3.49. The van der Waals surface area contributed by atoms with Crippen molar-refractivity contribution >= 4 is 27.3 Å². The Morgan fingerprint density at radius 2 is 1.90 bits per heavy atom. The Bertz CT molecular complexity index is 966. The molecule has 0 saturated carbocycles. The molecule has 1 aliphatic rings. The highest BCUT2D eigenvalue weighted by molar-refractivity contribution is 7.89. The lowest BCUT2D eigenvalue weighted by Crippen LogP contribution is -2.49. The summed E-state index contributed by atoms with van der Waals surface area (Å²) in [5.41, 5.74) is 1.27. The summed E-state index contributed by atoms with van der Waals surface area (Å²) in [5, 5.41) is 3.27. The number of ether oxygens (including phenoxy) is 1. The van der Waals surface area contributed by atoms with E-state index in [1.807, 2.05) is 13.8 Å². The van der Waals surface area contributed by atoms with Gasteiger partial charge in [0.05, 0.1) is 23.7 Å².